The predicted octanol–water partition coefficient (Wildman–Crippen LogP) is 4.28. The van der Waals surface area contributed by atoms with Crippen LogP contribution in [0.3, 0.4) is 0 Å². The fraction of sp³-hybridized carbons (Fsp3) is 0.458. The number of carbonyl (C=O) groups is 1. The molecule has 7 nitrogen and oxygen atoms in total. The van der Waals surface area contributed by atoms with Gasteiger partial charge in [-0.15, -0.1) is 11.6 Å². The maximum Gasteiger partial charge on any atom is 0.336 e. The third kappa shape index (κ3) is 7.43. The largest absolute Gasteiger partial charge is 0.497 e. The van der Waals surface area contributed by atoms with E-state index in [1.54, 1.807) is 45.2 Å². The lowest BCUT2D eigenvalue weighted by Crippen LogP contribution is -2.57. The highest BCUT2D eigenvalue weighted by Gasteiger charge is 2.53. The zero-order chi connectivity index (χ0) is 24.5. The molecule has 0 aliphatic carbocycles. The van der Waals surface area contributed by atoms with Crippen molar-refractivity contribution in [2.45, 2.75) is 38.9 Å². The Hall–Kier alpha value is -2.13. The lowest BCUT2D eigenvalue weighted by Gasteiger charge is -2.43. The third-order valence-electron chi connectivity index (χ3n) is 5.51. The molecular formula is C24H31ClO7S. The van der Waals surface area contributed by atoms with Crippen LogP contribution in [0, 0.1) is 5.41 Å². The maximum absolute atomic E-state index is 12.7. The van der Waals surface area contributed by atoms with Crippen molar-refractivity contribution >= 4 is 27.7 Å². The second-order valence-electron chi connectivity index (χ2n) is 8.38. The van der Waals surface area contributed by atoms with Crippen molar-refractivity contribution in [2.75, 3.05) is 25.3 Å². The Balaban J connectivity index is 2.36. The zero-order valence-electron chi connectivity index (χ0n) is 19.1. The molecule has 2 aromatic rings. The Labute approximate surface area is 200 Å². The van der Waals surface area contributed by atoms with Gasteiger partial charge in [-0.1, -0.05) is 56.3 Å². The number of benzene rings is 2. The summed E-state index contributed by atoms with van der Waals surface area (Å²) in [4.78, 5) is 12.7. The number of hydrogen-bond donors (Lipinski definition) is 1. The molecule has 0 radical (unpaired) electrons. The molecule has 2 aromatic carbocycles. The molecule has 182 valence electrons. The molecule has 0 fully saturated rings. The van der Waals surface area contributed by atoms with E-state index < -0.39 is 27.1 Å². The average molecular weight is 499 g/mol. The van der Waals surface area contributed by atoms with E-state index in [0.29, 0.717) is 5.75 Å². The lowest BCUT2D eigenvalue weighted by molar-refractivity contribution is -0.192. The van der Waals surface area contributed by atoms with Gasteiger partial charge in [0, 0.05) is 17.7 Å². The highest BCUT2D eigenvalue weighted by molar-refractivity contribution is 7.86. The van der Waals surface area contributed by atoms with Crippen molar-refractivity contribution in [3.63, 3.8) is 0 Å². The van der Waals surface area contributed by atoms with E-state index in [9.17, 15) is 18.3 Å². The first kappa shape index (κ1) is 27.1. The molecule has 9 heteroatoms. The summed E-state index contributed by atoms with van der Waals surface area (Å²) >= 11 is 5.60. The van der Waals surface area contributed by atoms with Crippen LogP contribution < -0.4 is 4.74 Å². The van der Waals surface area contributed by atoms with Crippen molar-refractivity contribution < 1.29 is 32.0 Å². The van der Waals surface area contributed by atoms with Gasteiger partial charge in [-0.3, -0.25) is 4.18 Å². The molecular weight excluding hydrogens is 468 g/mol. The van der Waals surface area contributed by atoms with Crippen LogP contribution in [0.5, 0.6) is 5.75 Å². The SMILES string of the molecule is COc1ccc(CO[C@](Cc2ccccc2)(C(=O)O)C(C)(C)COS(=O)(=O)CCCCl)cc1. The molecule has 0 amide bonds. The Morgan fingerprint density at radius 1 is 1.03 bits per heavy atom. The van der Waals surface area contributed by atoms with Crippen molar-refractivity contribution in [3.8, 4) is 5.75 Å². The number of halogens is 1. The molecule has 0 aliphatic rings. The van der Waals surface area contributed by atoms with E-state index in [2.05, 4.69) is 0 Å². The van der Waals surface area contributed by atoms with Gasteiger partial charge < -0.3 is 14.6 Å². The zero-order valence-corrected chi connectivity index (χ0v) is 20.7. The number of carboxylic acid groups (broad SMARTS) is 1. The summed E-state index contributed by atoms with van der Waals surface area (Å²) in [6.45, 7) is 2.91. The summed E-state index contributed by atoms with van der Waals surface area (Å²) < 4.78 is 41.0. The molecule has 0 heterocycles. The van der Waals surface area contributed by atoms with Gasteiger partial charge in [-0.25, -0.2) is 4.79 Å². The fourth-order valence-electron chi connectivity index (χ4n) is 3.37. The van der Waals surface area contributed by atoms with Gasteiger partial charge in [0.2, 0.25) is 0 Å². The summed E-state index contributed by atoms with van der Waals surface area (Å²) in [5.74, 6) is -0.586. The quantitative estimate of drug-likeness (QED) is 0.306. The molecule has 0 unspecified atom stereocenters. The number of methoxy groups -OCH3 is 1. The van der Waals surface area contributed by atoms with Crippen LogP contribution in [0.4, 0.5) is 0 Å². The van der Waals surface area contributed by atoms with Crippen molar-refractivity contribution in [1.29, 1.82) is 0 Å². The summed E-state index contributed by atoms with van der Waals surface area (Å²) in [5.41, 5.74) is -1.49. The average Bonchev–Trinajstić information content (AvgIpc) is 2.80. The van der Waals surface area contributed by atoms with Gasteiger partial charge >= 0.3 is 5.97 Å². The number of hydrogen-bond acceptors (Lipinski definition) is 6. The Morgan fingerprint density at radius 3 is 2.21 bits per heavy atom. The molecule has 1 N–H and O–H groups in total. The first-order chi connectivity index (χ1) is 15.5. The van der Waals surface area contributed by atoms with Crippen molar-refractivity contribution in [3.05, 3.63) is 65.7 Å². The number of ether oxygens (including phenoxy) is 2. The van der Waals surface area contributed by atoms with Gasteiger partial charge in [0.25, 0.3) is 10.1 Å². The fourth-order valence-corrected chi connectivity index (χ4v) is 4.75. The standard InChI is InChI=1S/C24H31ClO7S/c1-23(2,18-32-33(28,29)15-7-14-25)24(22(26)27,16-19-8-5-4-6-9-19)31-17-20-10-12-21(30-3)13-11-20/h4-6,8-13H,7,14-18H2,1-3H3,(H,26,27)/t24-/m1/s1. The second kappa shape index (κ2) is 11.8. The lowest BCUT2D eigenvalue weighted by atomic mass is 9.71. The van der Waals surface area contributed by atoms with E-state index in [4.69, 9.17) is 25.3 Å². The van der Waals surface area contributed by atoms with Crippen molar-refractivity contribution in [1.82, 2.24) is 0 Å². The van der Waals surface area contributed by atoms with Crippen LogP contribution in [0.25, 0.3) is 0 Å². The molecule has 0 spiro atoms. The van der Waals surface area contributed by atoms with Crippen LogP contribution >= 0.6 is 11.6 Å². The topological polar surface area (TPSA) is 99.1 Å². The minimum atomic E-state index is -3.86. The molecule has 1 atom stereocenters. The van der Waals surface area contributed by atoms with E-state index in [0.717, 1.165) is 11.1 Å². The van der Waals surface area contributed by atoms with Gasteiger partial charge in [0.15, 0.2) is 5.60 Å². The highest BCUT2D eigenvalue weighted by Crippen LogP contribution is 2.39. The van der Waals surface area contributed by atoms with E-state index in [1.807, 2.05) is 30.3 Å². The van der Waals surface area contributed by atoms with E-state index in [1.165, 1.54) is 0 Å². The van der Waals surface area contributed by atoms with Crippen LogP contribution in [-0.4, -0.2) is 50.4 Å². The smallest absolute Gasteiger partial charge is 0.336 e. The number of alkyl halides is 1. The normalized spacial score (nSPS) is 13.9. The first-order valence-electron chi connectivity index (χ1n) is 10.5. The Kier molecular flexibility index (Phi) is 9.72. The highest BCUT2D eigenvalue weighted by atomic mass is 35.5. The van der Waals surface area contributed by atoms with Crippen LogP contribution in [0.15, 0.2) is 54.6 Å². The maximum atomic E-state index is 12.7. The molecule has 0 bridgehead atoms. The Bertz CT molecular complexity index is 991. The molecule has 2 rings (SSSR count). The third-order valence-corrected chi connectivity index (χ3v) is 7.04. The summed E-state index contributed by atoms with van der Waals surface area (Å²) in [6.07, 6.45) is 0.268. The van der Waals surface area contributed by atoms with E-state index in [-0.39, 0.29) is 37.7 Å². The molecule has 0 aromatic heterocycles. The van der Waals surface area contributed by atoms with Gasteiger partial charge in [-0.2, -0.15) is 8.42 Å². The van der Waals surface area contributed by atoms with Crippen LogP contribution in [0.2, 0.25) is 0 Å². The van der Waals surface area contributed by atoms with E-state index >= 15 is 0 Å². The minimum absolute atomic E-state index is 0.00551. The number of aliphatic carboxylic acids is 1. The number of carboxylic acids is 1. The van der Waals surface area contributed by atoms with Crippen LogP contribution in [0.1, 0.15) is 31.4 Å². The summed E-state index contributed by atoms with van der Waals surface area (Å²) in [5, 5.41) is 10.4. The number of rotatable bonds is 14. The molecule has 0 aliphatic heterocycles. The van der Waals surface area contributed by atoms with Crippen molar-refractivity contribution in [2.24, 2.45) is 5.41 Å². The van der Waals surface area contributed by atoms with Crippen LogP contribution in [-0.2, 0) is 36.9 Å². The monoisotopic (exact) mass is 498 g/mol. The van der Waals surface area contributed by atoms with Gasteiger partial charge in [0.1, 0.15) is 5.75 Å². The molecule has 0 saturated carbocycles. The Morgan fingerprint density at radius 2 is 1.67 bits per heavy atom. The minimum Gasteiger partial charge on any atom is -0.497 e. The summed E-state index contributed by atoms with van der Waals surface area (Å²) in [6, 6.07) is 16.2. The predicted molar refractivity (Wildman–Crippen MR) is 127 cm³/mol. The van der Waals surface area contributed by atoms with Gasteiger partial charge in [-0.05, 0) is 29.7 Å². The first-order valence-corrected chi connectivity index (χ1v) is 12.6. The molecule has 0 saturated heterocycles. The molecule has 33 heavy (non-hydrogen) atoms. The second-order valence-corrected chi connectivity index (χ2v) is 10.5. The summed E-state index contributed by atoms with van der Waals surface area (Å²) in [7, 11) is -2.30. The van der Waals surface area contributed by atoms with Gasteiger partial charge in [0.05, 0.1) is 26.1 Å².